The molecule has 0 bridgehead atoms. The fraction of sp³-hybridized carbons (Fsp3) is 0.154. The summed E-state index contributed by atoms with van der Waals surface area (Å²) < 4.78 is 23.9. The van der Waals surface area contributed by atoms with Crippen LogP contribution in [0.4, 0.5) is 4.39 Å². The van der Waals surface area contributed by atoms with Crippen LogP contribution >= 0.6 is 0 Å². The number of ether oxygens (including phenoxy) is 1. The maximum absolute atomic E-state index is 13.6. The predicted molar refractivity (Wildman–Crippen MR) is 60.7 cm³/mol. The molecule has 1 aromatic carbocycles. The summed E-state index contributed by atoms with van der Waals surface area (Å²) in [5.74, 6) is 0.426. The average Bonchev–Trinajstić information content (AvgIpc) is 2.80. The van der Waals surface area contributed by atoms with E-state index in [9.17, 15) is 9.18 Å². The highest BCUT2D eigenvalue weighted by atomic mass is 19.1. The Hall–Kier alpha value is -2.10. The summed E-state index contributed by atoms with van der Waals surface area (Å²) in [6.07, 6.45) is 0.606. The minimum absolute atomic E-state index is 0.207. The van der Waals surface area contributed by atoms with Crippen molar-refractivity contribution in [1.29, 1.82) is 0 Å². The van der Waals surface area contributed by atoms with Crippen LogP contribution < -0.4 is 4.74 Å². The maximum Gasteiger partial charge on any atom is 0.185 e. The number of hydrogen-bond donors (Lipinski definition) is 0. The SMILES string of the molecule is CCOc1ccc(-c2ccc(C=O)o2)cc1F. The Labute approximate surface area is 97.8 Å². The zero-order valence-electron chi connectivity index (χ0n) is 9.27. The van der Waals surface area contributed by atoms with Crippen molar-refractivity contribution in [2.75, 3.05) is 6.61 Å². The molecule has 0 aliphatic rings. The molecule has 1 aromatic heterocycles. The molecular weight excluding hydrogens is 223 g/mol. The summed E-state index contributed by atoms with van der Waals surface area (Å²) in [5.41, 5.74) is 0.569. The van der Waals surface area contributed by atoms with Gasteiger partial charge in [0.05, 0.1) is 6.61 Å². The number of aldehydes is 1. The van der Waals surface area contributed by atoms with Crippen LogP contribution in [-0.2, 0) is 0 Å². The minimum Gasteiger partial charge on any atom is -0.491 e. The number of halogens is 1. The van der Waals surface area contributed by atoms with Crippen LogP contribution in [0.1, 0.15) is 17.5 Å². The van der Waals surface area contributed by atoms with Gasteiger partial charge in [-0.05, 0) is 37.3 Å². The second-order valence-electron chi connectivity index (χ2n) is 3.40. The smallest absolute Gasteiger partial charge is 0.185 e. The largest absolute Gasteiger partial charge is 0.491 e. The van der Waals surface area contributed by atoms with E-state index in [2.05, 4.69) is 0 Å². The fourth-order valence-electron chi connectivity index (χ4n) is 1.50. The molecule has 0 spiro atoms. The monoisotopic (exact) mass is 234 g/mol. The Morgan fingerprint density at radius 1 is 1.35 bits per heavy atom. The van der Waals surface area contributed by atoms with Gasteiger partial charge in [0.25, 0.3) is 0 Å². The Balaban J connectivity index is 2.33. The third-order valence-electron chi connectivity index (χ3n) is 2.26. The van der Waals surface area contributed by atoms with E-state index in [1.165, 1.54) is 18.2 Å². The van der Waals surface area contributed by atoms with Crippen LogP contribution in [0.2, 0.25) is 0 Å². The molecule has 2 aromatic rings. The number of benzene rings is 1. The van der Waals surface area contributed by atoms with E-state index >= 15 is 0 Å². The standard InChI is InChI=1S/C13H11FO3/c1-2-16-13-5-3-9(7-11(13)14)12-6-4-10(8-15)17-12/h3-8H,2H2,1H3. The number of furan rings is 1. The molecule has 0 atom stereocenters. The highest BCUT2D eigenvalue weighted by Gasteiger charge is 2.08. The first-order valence-corrected chi connectivity index (χ1v) is 5.22. The number of hydrogen-bond acceptors (Lipinski definition) is 3. The van der Waals surface area contributed by atoms with Gasteiger partial charge in [0.1, 0.15) is 5.76 Å². The molecule has 0 aliphatic carbocycles. The zero-order valence-corrected chi connectivity index (χ0v) is 9.27. The van der Waals surface area contributed by atoms with E-state index in [4.69, 9.17) is 9.15 Å². The predicted octanol–water partition coefficient (Wildman–Crippen LogP) is 3.30. The molecule has 2 rings (SSSR count). The highest BCUT2D eigenvalue weighted by molar-refractivity contribution is 5.72. The van der Waals surface area contributed by atoms with E-state index in [1.807, 2.05) is 0 Å². The molecule has 0 radical (unpaired) electrons. The molecule has 17 heavy (non-hydrogen) atoms. The van der Waals surface area contributed by atoms with E-state index in [0.29, 0.717) is 24.2 Å². The first-order valence-electron chi connectivity index (χ1n) is 5.22. The first kappa shape index (κ1) is 11.4. The van der Waals surface area contributed by atoms with Crippen molar-refractivity contribution in [2.45, 2.75) is 6.92 Å². The summed E-state index contributed by atoms with van der Waals surface area (Å²) in [6.45, 7) is 2.20. The quantitative estimate of drug-likeness (QED) is 0.762. The number of carbonyl (C=O) groups excluding carboxylic acids is 1. The van der Waals surface area contributed by atoms with Crippen LogP contribution in [0.15, 0.2) is 34.7 Å². The molecule has 0 fully saturated rings. The maximum atomic E-state index is 13.6. The van der Waals surface area contributed by atoms with Gasteiger partial charge in [-0.25, -0.2) is 4.39 Å². The van der Waals surface area contributed by atoms with Crippen molar-refractivity contribution in [3.05, 3.63) is 41.9 Å². The molecule has 0 N–H and O–H groups in total. The topological polar surface area (TPSA) is 39.4 Å². The highest BCUT2D eigenvalue weighted by Crippen LogP contribution is 2.26. The minimum atomic E-state index is -0.451. The van der Waals surface area contributed by atoms with Gasteiger partial charge < -0.3 is 9.15 Å². The molecule has 88 valence electrons. The van der Waals surface area contributed by atoms with E-state index in [1.54, 1.807) is 19.1 Å². The molecule has 0 unspecified atom stereocenters. The Morgan fingerprint density at radius 2 is 2.18 bits per heavy atom. The molecule has 0 amide bonds. The Kier molecular flexibility index (Phi) is 3.23. The molecule has 0 aliphatic heterocycles. The van der Waals surface area contributed by atoms with E-state index in [0.717, 1.165) is 0 Å². The van der Waals surface area contributed by atoms with Gasteiger partial charge in [-0.2, -0.15) is 0 Å². The van der Waals surface area contributed by atoms with Crippen LogP contribution in [0.25, 0.3) is 11.3 Å². The normalized spacial score (nSPS) is 10.2. The summed E-state index contributed by atoms with van der Waals surface area (Å²) in [6, 6.07) is 7.70. The summed E-state index contributed by atoms with van der Waals surface area (Å²) in [7, 11) is 0. The molecule has 3 nitrogen and oxygen atoms in total. The van der Waals surface area contributed by atoms with E-state index < -0.39 is 5.82 Å². The van der Waals surface area contributed by atoms with Crippen molar-refractivity contribution in [1.82, 2.24) is 0 Å². The van der Waals surface area contributed by atoms with Gasteiger partial charge in [0, 0.05) is 5.56 Å². The van der Waals surface area contributed by atoms with Crippen molar-refractivity contribution < 1.29 is 18.3 Å². The fourth-order valence-corrected chi connectivity index (χ4v) is 1.50. The van der Waals surface area contributed by atoms with Gasteiger partial charge in [0.2, 0.25) is 0 Å². The van der Waals surface area contributed by atoms with Crippen molar-refractivity contribution >= 4 is 6.29 Å². The second-order valence-corrected chi connectivity index (χ2v) is 3.40. The Morgan fingerprint density at radius 3 is 2.76 bits per heavy atom. The van der Waals surface area contributed by atoms with Crippen molar-refractivity contribution in [3.8, 4) is 17.1 Å². The molecule has 1 heterocycles. The first-order chi connectivity index (χ1) is 8.24. The van der Waals surface area contributed by atoms with Gasteiger partial charge >= 0.3 is 0 Å². The van der Waals surface area contributed by atoms with Gasteiger partial charge in [-0.1, -0.05) is 0 Å². The molecule has 0 saturated carbocycles. The van der Waals surface area contributed by atoms with Gasteiger partial charge in [0.15, 0.2) is 23.6 Å². The zero-order chi connectivity index (χ0) is 12.3. The van der Waals surface area contributed by atoms with Crippen LogP contribution in [0.3, 0.4) is 0 Å². The number of rotatable bonds is 4. The number of carbonyl (C=O) groups is 1. The Bertz CT molecular complexity index is 531. The van der Waals surface area contributed by atoms with Crippen molar-refractivity contribution in [2.24, 2.45) is 0 Å². The van der Waals surface area contributed by atoms with Gasteiger partial charge in [-0.15, -0.1) is 0 Å². The van der Waals surface area contributed by atoms with Crippen LogP contribution in [0, 0.1) is 5.82 Å². The average molecular weight is 234 g/mol. The van der Waals surface area contributed by atoms with Crippen molar-refractivity contribution in [3.63, 3.8) is 0 Å². The van der Waals surface area contributed by atoms with Crippen LogP contribution in [-0.4, -0.2) is 12.9 Å². The lowest BCUT2D eigenvalue weighted by Gasteiger charge is -2.05. The molecule has 0 saturated heterocycles. The summed E-state index contributed by atoms with van der Waals surface area (Å²) in [4.78, 5) is 10.5. The molecule has 4 heteroatoms. The third-order valence-corrected chi connectivity index (χ3v) is 2.26. The second kappa shape index (κ2) is 4.82. The van der Waals surface area contributed by atoms with Gasteiger partial charge in [-0.3, -0.25) is 4.79 Å². The lowest BCUT2D eigenvalue weighted by Crippen LogP contribution is -1.94. The lowest BCUT2D eigenvalue weighted by molar-refractivity contribution is 0.110. The third kappa shape index (κ3) is 2.36. The lowest BCUT2D eigenvalue weighted by atomic mass is 10.1. The summed E-state index contributed by atoms with van der Waals surface area (Å²) >= 11 is 0. The van der Waals surface area contributed by atoms with Crippen LogP contribution in [0.5, 0.6) is 5.75 Å². The van der Waals surface area contributed by atoms with E-state index in [-0.39, 0.29) is 11.5 Å². The molecular formula is C13H11FO3. The summed E-state index contributed by atoms with van der Waals surface area (Å²) in [5, 5.41) is 0.